The zero-order valence-corrected chi connectivity index (χ0v) is 14.2. The minimum absolute atomic E-state index is 0.266. The van der Waals surface area contributed by atoms with E-state index in [1.54, 1.807) is 33.0 Å². The van der Waals surface area contributed by atoms with E-state index in [1.165, 1.54) is 4.90 Å². The van der Waals surface area contributed by atoms with E-state index in [1.807, 2.05) is 18.2 Å². The number of carbonyl (C=O) groups is 2. The molecule has 0 saturated carbocycles. The molecule has 6 heteroatoms. The second-order valence-corrected chi connectivity index (χ2v) is 5.33. The fourth-order valence-electron chi connectivity index (χ4n) is 2.50. The van der Waals surface area contributed by atoms with Crippen LogP contribution in [0.3, 0.4) is 0 Å². The highest BCUT2D eigenvalue weighted by atomic mass is 16.5. The molecule has 2 amide bonds. The number of carbonyl (C=O) groups excluding carboxylic acids is 2. The molecule has 1 aromatic carbocycles. The van der Waals surface area contributed by atoms with Crippen LogP contribution >= 0.6 is 0 Å². The first-order valence-electron chi connectivity index (χ1n) is 7.75. The van der Waals surface area contributed by atoms with Crippen molar-refractivity contribution in [1.29, 1.82) is 0 Å². The van der Waals surface area contributed by atoms with Crippen molar-refractivity contribution in [3.05, 3.63) is 53.8 Å². The molecular weight excluding hydrogens is 308 g/mol. The molecule has 0 fully saturated rings. The van der Waals surface area contributed by atoms with Crippen molar-refractivity contribution in [3.63, 3.8) is 0 Å². The number of amides is 2. The first kappa shape index (κ1) is 17.6. The summed E-state index contributed by atoms with van der Waals surface area (Å²) >= 11 is 0. The summed E-state index contributed by atoms with van der Waals surface area (Å²) in [6.45, 7) is 7.74. The Balaban J connectivity index is 2.43. The van der Waals surface area contributed by atoms with Gasteiger partial charge in [-0.1, -0.05) is 24.8 Å². The van der Waals surface area contributed by atoms with Gasteiger partial charge in [-0.25, -0.2) is 9.59 Å². The van der Waals surface area contributed by atoms with E-state index < -0.39 is 12.0 Å². The number of rotatable bonds is 6. The number of esters is 1. The zero-order chi connectivity index (χ0) is 17.7. The van der Waals surface area contributed by atoms with Gasteiger partial charge >= 0.3 is 12.0 Å². The minimum atomic E-state index is -0.583. The predicted molar refractivity (Wildman–Crippen MR) is 90.5 cm³/mol. The lowest BCUT2D eigenvalue weighted by atomic mass is 9.95. The van der Waals surface area contributed by atoms with Gasteiger partial charge in [-0.3, -0.25) is 0 Å². The van der Waals surface area contributed by atoms with Gasteiger partial charge in [0, 0.05) is 12.7 Å². The van der Waals surface area contributed by atoms with E-state index in [2.05, 4.69) is 11.9 Å². The monoisotopic (exact) mass is 330 g/mol. The van der Waals surface area contributed by atoms with Gasteiger partial charge in [-0.05, 0) is 31.5 Å². The van der Waals surface area contributed by atoms with Crippen LogP contribution in [0.2, 0.25) is 0 Å². The maximum atomic E-state index is 12.4. The number of nitrogens with zero attached hydrogens (tertiary/aromatic N) is 1. The quantitative estimate of drug-likeness (QED) is 0.643. The summed E-state index contributed by atoms with van der Waals surface area (Å²) < 4.78 is 10.7. The third-order valence-corrected chi connectivity index (χ3v) is 3.81. The highest BCUT2D eigenvalue weighted by Gasteiger charge is 2.35. The maximum Gasteiger partial charge on any atom is 0.338 e. The smallest absolute Gasteiger partial charge is 0.338 e. The molecule has 128 valence electrons. The van der Waals surface area contributed by atoms with Crippen LogP contribution in [0.1, 0.15) is 25.5 Å². The van der Waals surface area contributed by atoms with Crippen molar-refractivity contribution >= 4 is 12.0 Å². The standard InChI is InChI=1S/C18H22N2O4/c1-5-10-24-14-9-7-8-13(11-14)16-15(17(21)23-6-2)12(3)20(4)18(22)19-16/h5,7-9,11,16H,1,6,10H2,2-4H3,(H,19,22)/t16-/m0/s1. The normalized spacial score (nSPS) is 17.4. The van der Waals surface area contributed by atoms with Crippen molar-refractivity contribution in [3.8, 4) is 5.75 Å². The fourth-order valence-corrected chi connectivity index (χ4v) is 2.50. The van der Waals surface area contributed by atoms with E-state index in [9.17, 15) is 9.59 Å². The van der Waals surface area contributed by atoms with Gasteiger partial charge in [0.25, 0.3) is 0 Å². The Morgan fingerprint density at radius 3 is 2.88 bits per heavy atom. The molecule has 2 rings (SSSR count). The Bertz CT molecular complexity index is 681. The fraction of sp³-hybridized carbons (Fsp3) is 0.333. The Kier molecular flexibility index (Phi) is 5.63. The van der Waals surface area contributed by atoms with Gasteiger partial charge in [-0.15, -0.1) is 0 Å². The number of hydrogen-bond acceptors (Lipinski definition) is 4. The van der Waals surface area contributed by atoms with E-state index in [-0.39, 0.29) is 12.6 Å². The number of hydrogen-bond donors (Lipinski definition) is 1. The molecule has 1 aliphatic heterocycles. The van der Waals surface area contributed by atoms with Crippen molar-refractivity contribution in [2.75, 3.05) is 20.3 Å². The Labute approximate surface area is 141 Å². The van der Waals surface area contributed by atoms with Crippen LogP contribution in [-0.4, -0.2) is 37.2 Å². The lowest BCUT2D eigenvalue weighted by Crippen LogP contribution is -2.46. The van der Waals surface area contributed by atoms with Gasteiger partial charge in [-0.2, -0.15) is 0 Å². The van der Waals surface area contributed by atoms with Gasteiger partial charge in [0.05, 0.1) is 18.2 Å². The second kappa shape index (κ2) is 7.68. The van der Waals surface area contributed by atoms with Crippen LogP contribution in [0, 0.1) is 0 Å². The van der Waals surface area contributed by atoms with Crippen LogP contribution < -0.4 is 10.1 Å². The van der Waals surface area contributed by atoms with Crippen LogP contribution in [-0.2, 0) is 9.53 Å². The molecule has 0 saturated heterocycles. The molecule has 0 bridgehead atoms. The second-order valence-electron chi connectivity index (χ2n) is 5.33. The largest absolute Gasteiger partial charge is 0.490 e. The average Bonchev–Trinajstić information content (AvgIpc) is 2.58. The number of nitrogens with one attached hydrogen (secondary N) is 1. The van der Waals surface area contributed by atoms with Gasteiger partial charge in [0.2, 0.25) is 0 Å². The van der Waals surface area contributed by atoms with E-state index in [0.29, 0.717) is 23.6 Å². The zero-order valence-electron chi connectivity index (χ0n) is 14.2. The molecule has 0 unspecified atom stereocenters. The molecular formula is C18H22N2O4. The summed E-state index contributed by atoms with van der Waals surface area (Å²) in [5, 5.41) is 2.84. The summed E-state index contributed by atoms with van der Waals surface area (Å²) in [6, 6.07) is 6.40. The Morgan fingerprint density at radius 2 is 2.21 bits per heavy atom. The predicted octanol–water partition coefficient (Wildman–Crippen LogP) is 2.78. The molecule has 0 spiro atoms. The van der Waals surface area contributed by atoms with Crippen LogP contribution in [0.15, 0.2) is 48.2 Å². The molecule has 0 aliphatic carbocycles. The Hall–Kier alpha value is -2.76. The number of allylic oxidation sites excluding steroid dienone is 1. The van der Waals surface area contributed by atoms with Crippen molar-refractivity contribution < 1.29 is 19.1 Å². The van der Waals surface area contributed by atoms with Crippen molar-refractivity contribution in [2.24, 2.45) is 0 Å². The Morgan fingerprint density at radius 1 is 1.46 bits per heavy atom. The summed E-state index contributed by atoms with van der Waals surface area (Å²) in [4.78, 5) is 26.0. The van der Waals surface area contributed by atoms with E-state index >= 15 is 0 Å². The molecule has 24 heavy (non-hydrogen) atoms. The van der Waals surface area contributed by atoms with Gasteiger partial charge in [0.15, 0.2) is 0 Å². The highest BCUT2D eigenvalue weighted by Crippen LogP contribution is 2.32. The van der Waals surface area contributed by atoms with Gasteiger partial charge in [0.1, 0.15) is 12.4 Å². The van der Waals surface area contributed by atoms with E-state index in [4.69, 9.17) is 9.47 Å². The first-order chi connectivity index (χ1) is 11.5. The SMILES string of the molecule is C=CCOc1cccc([C@@H]2NC(=O)N(C)C(C)=C2C(=O)OCC)c1. The number of ether oxygens (including phenoxy) is 2. The highest BCUT2D eigenvalue weighted by molar-refractivity contribution is 5.95. The van der Waals surface area contributed by atoms with Crippen LogP contribution in [0.5, 0.6) is 5.75 Å². The third kappa shape index (κ3) is 3.59. The lowest BCUT2D eigenvalue weighted by molar-refractivity contribution is -0.139. The van der Waals surface area contributed by atoms with Crippen LogP contribution in [0.25, 0.3) is 0 Å². The molecule has 0 radical (unpaired) electrons. The summed E-state index contributed by atoms with van der Waals surface area (Å²) in [6.07, 6.45) is 1.65. The van der Waals surface area contributed by atoms with Gasteiger partial charge < -0.3 is 19.7 Å². The van der Waals surface area contributed by atoms with Crippen molar-refractivity contribution in [1.82, 2.24) is 10.2 Å². The summed E-state index contributed by atoms with van der Waals surface area (Å²) in [7, 11) is 1.61. The minimum Gasteiger partial charge on any atom is -0.490 e. The average molecular weight is 330 g/mol. The molecule has 1 N–H and O–H groups in total. The molecule has 1 atom stereocenters. The number of benzene rings is 1. The first-order valence-corrected chi connectivity index (χ1v) is 7.75. The molecule has 1 aliphatic rings. The van der Waals surface area contributed by atoms with Crippen molar-refractivity contribution in [2.45, 2.75) is 19.9 Å². The molecule has 1 aromatic rings. The molecule has 6 nitrogen and oxygen atoms in total. The van der Waals surface area contributed by atoms with E-state index in [0.717, 1.165) is 5.56 Å². The third-order valence-electron chi connectivity index (χ3n) is 3.81. The lowest BCUT2D eigenvalue weighted by Gasteiger charge is -2.33. The summed E-state index contributed by atoms with van der Waals surface area (Å²) in [5.74, 6) is 0.200. The maximum absolute atomic E-state index is 12.4. The molecule has 1 heterocycles. The topological polar surface area (TPSA) is 67.9 Å². The number of urea groups is 1. The molecule has 0 aromatic heterocycles. The summed E-state index contributed by atoms with van der Waals surface area (Å²) in [5.41, 5.74) is 1.74. The van der Waals surface area contributed by atoms with Crippen LogP contribution in [0.4, 0.5) is 4.79 Å².